The van der Waals surface area contributed by atoms with E-state index in [1.165, 1.54) is 17.4 Å². The van der Waals surface area contributed by atoms with Crippen molar-refractivity contribution in [1.82, 2.24) is 10.3 Å². The normalized spacial score (nSPS) is 17.7. The number of rotatable bonds is 6. The number of hydrogen-bond donors (Lipinski definition) is 3. The third kappa shape index (κ3) is 5.73. The minimum absolute atomic E-state index is 0.0371. The van der Waals surface area contributed by atoms with Gasteiger partial charge in [0, 0.05) is 22.7 Å². The Morgan fingerprint density at radius 2 is 1.74 bits per heavy atom. The van der Waals surface area contributed by atoms with Crippen LogP contribution in [0, 0.1) is 5.92 Å². The number of nitrogens with zero attached hydrogens (tertiary/aromatic N) is 1. The van der Waals surface area contributed by atoms with E-state index in [0.29, 0.717) is 44.5 Å². The van der Waals surface area contributed by atoms with Crippen LogP contribution in [0.15, 0.2) is 71.6 Å². The number of carbonyl (C=O) groups is 2. The summed E-state index contributed by atoms with van der Waals surface area (Å²) in [6, 6.07) is 18.4. The highest BCUT2D eigenvalue weighted by Crippen LogP contribution is 2.30. The minimum Gasteiger partial charge on any atom is -0.348 e. The molecule has 0 unspecified atom stereocenters. The summed E-state index contributed by atoms with van der Waals surface area (Å²) in [5, 5.41) is 12.6. The molecule has 0 aliphatic heterocycles. The average molecular weight is 569 g/mol. The summed E-state index contributed by atoms with van der Waals surface area (Å²) in [7, 11) is -3.88. The fourth-order valence-corrected chi connectivity index (χ4v) is 6.68. The van der Waals surface area contributed by atoms with Crippen LogP contribution in [0.2, 0.25) is 5.15 Å². The number of sulfonamides is 1. The molecule has 4 aromatic rings. The number of hydrogen-bond acceptors (Lipinski definition) is 6. The van der Waals surface area contributed by atoms with Gasteiger partial charge in [-0.2, -0.15) is 0 Å². The van der Waals surface area contributed by atoms with E-state index in [4.69, 9.17) is 16.7 Å². The van der Waals surface area contributed by atoms with E-state index in [0.717, 1.165) is 18.2 Å². The highest BCUT2D eigenvalue weighted by Gasteiger charge is 2.32. The van der Waals surface area contributed by atoms with Gasteiger partial charge in [-0.3, -0.25) is 9.59 Å². The van der Waals surface area contributed by atoms with Crippen molar-refractivity contribution in [2.75, 3.05) is 5.32 Å². The van der Waals surface area contributed by atoms with Crippen LogP contribution in [0.3, 0.4) is 0 Å². The van der Waals surface area contributed by atoms with Gasteiger partial charge < -0.3 is 10.6 Å². The number of halogens is 1. The van der Waals surface area contributed by atoms with Gasteiger partial charge in [-0.15, -0.1) is 11.3 Å². The Hall–Kier alpha value is -3.31. The molecule has 2 atom stereocenters. The van der Waals surface area contributed by atoms with Crippen molar-refractivity contribution in [2.24, 2.45) is 11.1 Å². The van der Waals surface area contributed by atoms with Gasteiger partial charge in [0.1, 0.15) is 9.98 Å². The van der Waals surface area contributed by atoms with E-state index < -0.39 is 10.0 Å². The molecule has 196 valence electrons. The standard InChI is InChI=1S/C27H25ClN4O4S2/c28-24-14-11-17-15-22(37-27(17)32-24)26(34)31-21-7-3-1-6-20(21)25(33)30-18-12-9-16(10-13-18)19-5-2-4-8-23(19)38(29,35)36/h2,4-5,8-15,20-21H,1,3,6-7H2,(H,30,33)(H,31,34)(H2,29,35,36)/t20-,21+/m0/s1. The maximum Gasteiger partial charge on any atom is 0.261 e. The molecular formula is C27H25ClN4O4S2. The van der Waals surface area contributed by atoms with Crippen molar-refractivity contribution in [1.29, 1.82) is 0 Å². The first-order valence-corrected chi connectivity index (χ1v) is 14.8. The van der Waals surface area contributed by atoms with E-state index in [1.807, 2.05) is 6.07 Å². The van der Waals surface area contributed by atoms with Crippen LogP contribution in [0.5, 0.6) is 0 Å². The summed E-state index contributed by atoms with van der Waals surface area (Å²) in [5.41, 5.74) is 1.73. The molecule has 1 fully saturated rings. The van der Waals surface area contributed by atoms with Crippen molar-refractivity contribution in [2.45, 2.75) is 36.6 Å². The Kier molecular flexibility index (Phi) is 7.49. The van der Waals surface area contributed by atoms with Crippen molar-refractivity contribution in [3.8, 4) is 11.1 Å². The lowest BCUT2D eigenvalue weighted by molar-refractivity contribution is -0.121. The summed E-state index contributed by atoms with van der Waals surface area (Å²) >= 11 is 7.24. The van der Waals surface area contributed by atoms with Gasteiger partial charge in [-0.1, -0.05) is 54.8 Å². The van der Waals surface area contributed by atoms with Gasteiger partial charge in [0.05, 0.1) is 15.7 Å². The molecule has 2 heterocycles. The number of pyridine rings is 1. The van der Waals surface area contributed by atoms with E-state index >= 15 is 0 Å². The fraction of sp³-hybridized carbons (Fsp3) is 0.222. The van der Waals surface area contributed by atoms with Crippen molar-refractivity contribution in [3.63, 3.8) is 0 Å². The van der Waals surface area contributed by atoms with Gasteiger partial charge in [0.25, 0.3) is 5.91 Å². The van der Waals surface area contributed by atoms with Crippen LogP contribution in [-0.4, -0.2) is 31.3 Å². The molecule has 1 aliphatic rings. The molecule has 8 nitrogen and oxygen atoms in total. The third-order valence-corrected chi connectivity index (χ3v) is 8.87. The number of fused-ring (bicyclic) bond motifs is 1. The summed E-state index contributed by atoms with van der Waals surface area (Å²) in [5.74, 6) is -0.776. The molecule has 1 aliphatic carbocycles. The minimum atomic E-state index is -3.88. The van der Waals surface area contributed by atoms with Crippen LogP contribution in [-0.2, 0) is 14.8 Å². The van der Waals surface area contributed by atoms with Crippen molar-refractivity contribution >= 4 is 60.7 Å². The Balaban J connectivity index is 1.28. The van der Waals surface area contributed by atoms with Crippen LogP contribution in [0.4, 0.5) is 5.69 Å². The van der Waals surface area contributed by atoms with Crippen LogP contribution >= 0.6 is 22.9 Å². The maximum atomic E-state index is 13.2. The molecule has 1 saturated carbocycles. The molecule has 38 heavy (non-hydrogen) atoms. The van der Waals surface area contributed by atoms with Crippen molar-refractivity contribution < 1.29 is 18.0 Å². The van der Waals surface area contributed by atoms with Gasteiger partial charge in [0.15, 0.2) is 0 Å². The second-order valence-electron chi connectivity index (χ2n) is 9.22. The molecule has 2 aromatic heterocycles. The number of benzene rings is 2. The Morgan fingerprint density at radius 3 is 2.50 bits per heavy atom. The first kappa shape index (κ1) is 26.3. The number of primary sulfonamides is 1. The van der Waals surface area contributed by atoms with Gasteiger partial charge in [-0.25, -0.2) is 18.5 Å². The molecule has 0 radical (unpaired) electrons. The number of aromatic nitrogens is 1. The molecular weight excluding hydrogens is 544 g/mol. The monoisotopic (exact) mass is 568 g/mol. The maximum absolute atomic E-state index is 13.2. The quantitative estimate of drug-likeness (QED) is 0.275. The lowest BCUT2D eigenvalue weighted by atomic mass is 9.83. The Morgan fingerprint density at radius 1 is 1.00 bits per heavy atom. The Bertz CT molecular complexity index is 1620. The first-order chi connectivity index (χ1) is 18.2. The highest BCUT2D eigenvalue weighted by molar-refractivity contribution is 7.89. The zero-order valence-electron chi connectivity index (χ0n) is 20.2. The van der Waals surface area contributed by atoms with E-state index in [9.17, 15) is 18.0 Å². The van der Waals surface area contributed by atoms with E-state index in [1.54, 1.807) is 54.6 Å². The number of amides is 2. The predicted molar refractivity (Wildman–Crippen MR) is 150 cm³/mol. The lowest BCUT2D eigenvalue weighted by Gasteiger charge is -2.31. The zero-order chi connectivity index (χ0) is 26.9. The van der Waals surface area contributed by atoms with E-state index in [-0.39, 0.29) is 28.7 Å². The van der Waals surface area contributed by atoms with E-state index in [2.05, 4.69) is 15.6 Å². The molecule has 11 heteroatoms. The largest absolute Gasteiger partial charge is 0.348 e. The van der Waals surface area contributed by atoms with Crippen molar-refractivity contribution in [3.05, 3.63) is 76.8 Å². The van der Waals surface area contributed by atoms with Crippen LogP contribution in [0.25, 0.3) is 21.3 Å². The predicted octanol–water partition coefficient (Wildman–Crippen LogP) is 5.19. The fourth-order valence-electron chi connectivity index (χ4n) is 4.79. The number of thiophene rings is 1. The van der Waals surface area contributed by atoms with Gasteiger partial charge >= 0.3 is 0 Å². The second kappa shape index (κ2) is 10.8. The number of carbonyl (C=O) groups excluding carboxylic acids is 2. The molecule has 5 rings (SSSR count). The molecule has 0 bridgehead atoms. The second-order valence-corrected chi connectivity index (χ2v) is 12.2. The third-order valence-electron chi connectivity index (χ3n) is 6.65. The molecule has 4 N–H and O–H groups in total. The lowest BCUT2D eigenvalue weighted by Crippen LogP contribution is -2.46. The molecule has 2 aromatic carbocycles. The Labute approximate surface area is 229 Å². The number of nitrogens with one attached hydrogen (secondary N) is 2. The molecule has 0 saturated heterocycles. The summed E-state index contributed by atoms with van der Waals surface area (Å²) in [6.07, 6.45) is 3.21. The number of anilines is 1. The SMILES string of the molecule is NS(=O)(=O)c1ccccc1-c1ccc(NC(=O)[C@H]2CCCC[C@H]2NC(=O)c2cc3ccc(Cl)nc3s2)cc1. The average Bonchev–Trinajstić information content (AvgIpc) is 3.32. The smallest absolute Gasteiger partial charge is 0.261 e. The zero-order valence-corrected chi connectivity index (χ0v) is 22.6. The molecule has 2 amide bonds. The van der Waals surface area contributed by atoms with Crippen LogP contribution < -0.4 is 15.8 Å². The van der Waals surface area contributed by atoms with Crippen LogP contribution in [0.1, 0.15) is 35.4 Å². The summed E-state index contributed by atoms with van der Waals surface area (Å²) in [4.78, 5) is 31.8. The highest BCUT2D eigenvalue weighted by atomic mass is 35.5. The van der Waals surface area contributed by atoms with Gasteiger partial charge in [-0.05, 0) is 54.8 Å². The first-order valence-electron chi connectivity index (χ1n) is 12.1. The summed E-state index contributed by atoms with van der Waals surface area (Å²) in [6.45, 7) is 0. The topological polar surface area (TPSA) is 131 Å². The van der Waals surface area contributed by atoms with Gasteiger partial charge in [0.2, 0.25) is 15.9 Å². The molecule has 0 spiro atoms. The number of nitrogens with two attached hydrogens (primary N) is 1. The summed E-state index contributed by atoms with van der Waals surface area (Å²) < 4.78 is 23.9.